The monoisotopic (exact) mass is 267 g/mol. The average Bonchev–Trinajstić information content (AvgIpc) is 2.44. The molecule has 1 rings (SSSR count). The summed E-state index contributed by atoms with van der Waals surface area (Å²) in [5.74, 6) is 0.704. The summed E-state index contributed by atoms with van der Waals surface area (Å²) in [4.78, 5) is 11.7. The molecule has 1 unspecified atom stereocenters. The Bertz CT molecular complexity index is 420. The SMILES string of the molecule is CCOC(=O)C(CC)Oc1cc(CN)ccc1OC. The molecule has 0 aliphatic rings. The van der Waals surface area contributed by atoms with E-state index in [0.29, 0.717) is 31.1 Å². The maximum absolute atomic E-state index is 11.7. The van der Waals surface area contributed by atoms with Crippen molar-refractivity contribution in [3.63, 3.8) is 0 Å². The van der Waals surface area contributed by atoms with Gasteiger partial charge in [0.15, 0.2) is 17.6 Å². The molecule has 0 heterocycles. The predicted octanol–water partition coefficient (Wildman–Crippen LogP) is 1.87. The summed E-state index contributed by atoms with van der Waals surface area (Å²) in [6, 6.07) is 5.41. The summed E-state index contributed by atoms with van der Waals surface area (Å²) in [6.07, 6.45) is -0.114. The minimum absolute atomic E-state index is 0.332. The van der Waals surface area contributed by atoms with Crippen LogP contribution in [0.5, 0.6) is 11.5 Å². The molecule has 0 aliphatic heterocycles. The molecule has 1 aromatic rings. The van der Waals surface area contributed by atoms with Gasteiger partial charge in [-0.05, 0) is 31.0 Å². The van der Waals surface area contributed by atoms with Crippen molar-refractivity contribution in [2.45, 2.75) is 32.9 Å². The van der Waals surface area contributed by atoms with Crippen LogP contribution >= 0.6 is 0 Å². The van der Waals surface area contributed by atoms with E-state index in [4.69, 9.17) is 19.9 Å². The Balaban J connectivity index is 2.91. The topological polar surface area (TPSA) is 70.8 Å². The van der Waals surface area contributed by atoms with E-state index in [-0.39, 0.29) is 5.97 Å². The molecule has 5 nitrogen and oxygen atoms in total. The van der Waals surface area contributed by atoms with E-state index in [1.54, 1.807) is 26.2 Å². The van der Waals surface area contributed by atoms with Crippen molar-refractivity contribution in [3.05, 3.63) is 23.8 Å². The number of methoxy groups -OCH3 is 1. The zero-order chi connectivity index (χ0) is 14.3. The van der Waals surface area contributed by atoms with Gasteiger partial charge in [0.2, 0.25) is 0 Å². The number of hydrogen-bond acceptors (Lipinski definition) is 5. The van der Waals surface area contributed by atoms with Crippen LogP contribution in [0.1, 0.15) is 25.8 Å². The summed E-state index contributed by atoms with van der Waals surface area (Å²) in [5.41, 5.74) is 6.50. The molecule has 0 amide bonds. The van der Waals surface area contributed by atoms with Crippen LogP contribution in [-0.2, 0) is 16.1 Å². The summed E-state index contributed by atoms with van der Waals surface area (Å²) >= 11 is 0. The van der Waals surface area contributed by atoms with Gasteiger partial charge in [-0.3, -0.25) is 0 Å². The van der Waals surface area contributed by atoms with Crippen molar-refractivity contribution in [1.82, 2.24) is 0 Å². The van der Waals surface area contributed by atoms with Gasteiger partial charge < -0.3 is 19.9 Å². The highest BCUT2D eigenvalue weighted by molar-refractivity contribution is 5.75. The van der Waals surface area contributed by atoms with Crippen LogP contribution in [0.4, 0.5) is 0 Å². The lowest BCUT2D eigenvalue weighted by molar-refractivity contribution is -0.151. The van der Waals surface area contributed by atoms with Crippen molar-refractivity contribution in [1.29, 1.82) is 0 Å². The highest BCUT2D eigenvalue weighted by Crippen LogP contribution is 2.29. The quantitative estimate of drug-likeness (QED) is 0.764. The normalized spacial score (nSPS) is 11.8. The van der Waals surface area contributed by atoms with E-state index in [0.717, 1.165) is 5.56 Å². The molecule has 0 saturated heterocycles. The van der Waals surface area contributed by atoms with Crippen molar-refractivity contribution in [2.24, 2.45) is 5.73 Å². The van der Waals surface area contributed by atoms with Gasteiger partial charge >= 0.3 is 5.97 Å². The third-order valence-corrected chi connectivity index (χ3v) is 2.65. The molecular formula is C14H21NO4. The van der Waals surface area contributed by atoms with Crippen LogP contribution in [0.15, 0.2) is 18.2 Å². The minimum Gasteiger partial charge on any atom is -0.493 e. The lowest BCUT2D eigenvalue weighted by atomic mass is 10.2. The second-order valence-electron chi connectivity index (χ2n) is 3.96. The first-order valence-electron chi connectivity index (χ1n) is 6.36. The number of esters is 1. The zero-order valence-electron chi connectivity index (χ0n) is 11.6. The van der Waals surface area contributed by atoms with Gasteiger partial charge in [0, 0.05) is 6.54 Å². The molecule has 0 fully saturated rings. The highest BCUT2D eigenvalue weighted by atomic mass is 16.6. The molecule has 0 radical (unpaired) electrons. The average molecular weight is 267 g/mol. The van der Waals surface area contributed by atoms with Crippen LogP contribution in [0.25, 0.3) is 0 Å². The first kappa shape index (κ1) is 15.3. The van der Waals surface area contributed by atoms with Gasteiger partial charge in [-0.2, -0.15) is 0 Å². The number of carbonyl (C=O) groups is 1. The largest absolute Gasteiger partial charge is 0.493 e. The first-order chi connectivity index (χ1) is 9.15. The molecule has 2 N–H and O–H groups in total. The fourth-order valence-corrected chi connectivity index (χ4v) is 1.63. The van der Waals surface area contributed by atoms with Gasteiger partial charge in [-0.25, -0.2) is 4.79 Å². The van der Waals surface area contributed by atoms with Gasteiger partial charge in [-0.15, -0.1) is 0 Å². The number of nitrogens with two attached hydrogens (primary N) is 1. The van der Waals surface area contributed by atoms with Crippen LogP contribution in [0.3, 0.4) is 0 Å². The van der Waals surface area contributed by atoms with Crippen molar-refractivity contribution >= 4 is 5.97 Å². The fourth-order valence-electron chi connectivity index (χ4n) is 1.63. The summed E-state index contributed by atoms with van der Waals surface area (Å²) in [7, 11) is 1.55. The van der Waals surface area contributed by atoms with E-state index in [2.05, 4.69) is 0 Å². The standard InChI is InChI=1S/C14H21NO4/c1-4-11(14(16)18-5-2)19-13-8-10(9-15)6-7-12(13)17-3/h6-8,11H,4-5,9,15H2,1-3H3. The molecule has 19 heavy (non-hydrogen) atoms. The highest BCUT2D eigenvalue weighted by Gasteiger charge is 2.21. The van der Waals surface area contributed by atoms with Gasteiger partial charge in [-0.1, -0.05) is 13.0 Å². The number of ether oxygens (including phenoxy) is 3. The van der Waals surface area contributed by atoms with E-state index < -0.39 is 6.10 Å². The van der Waals surface area contributed by atoms with Crippen molar-refractivity contribution < 1.29 is 19.0 Å². The van der Waals surface area contributed by atoms with Crippen molar-refractivity contribution in [3.8, 4) is 11.5 Å². The number of benzene rings is 1. The second-order valence-corrected chi connectivity index (χ2v) is 3.96. The molecule has 1 atom stereocenters. The molecule has 0 aliphatic carbocycles. The summed E-state index contributed by atoms with van der Waals surface area (Å²) < 4.78 is 15.9. The third-order valence-electron chi connectivity index (χ3n) is 2.65. The van der Waals surface area contributed by atoms with Gasteiger partial charge in [0.05, 0.1) is 13.7 Å². The summed E-state index contributed by atoms with van der Waals surface area (Å²) in [5, 5.41) is 0. The molecule has 0 bridgehead atoms. The van der Waals surface area contributed by atoms with E-state index in [9.17, 15) is 4.79 Å². The smallest absolute Gasteiger partial charge is 0.347 e. The van der Waals surface area contributed by atoms with E-state index in [1.807, 2.05) is 13.0 Å². The maximum Gasteiger partial charge on any atom is 0.347 e. The Morgan fingerprint density at radius 3 is 2.58 bits per heavy atom. The lowest BCUT2D eigenvalue weighted by Gasteiger charge is -2.18. The zero-order valence-corrected chi connectivity index (χ0v) is 11.6. The molecule has 1 aromatic carbocycles. The van der Waals surface area contributed by atoms with Crippen LogP contribution in [-0.4, -0.2) is 25.8 Å². The Hall–Kier alpha value is -1.75. The number of carbonyl (C=O) groups excluding carboxylic acids is 1. The van der Waals surface area contributed by atoms with Gasteiger partial charge in [0.25, 0.3) is 0 Å². The second kappa shape index (κ2) is 7.63. The van der Waals surface area contributed by atoms with Crippen LogP contribution in [0, 0.1) is 0 Å². The van der Waals surface area contributed by atoms with Crippen molar-refractivity contribution in [2.75, 3.05) is 13.7 Å². The molecule has 0 spiro atoms. The molecule has 0 saturated carbocycles. The Morgan fingerprint density at radius 2 is 2.05 bits per heavy atom. The fraction of sp³-hybridized carbons (Fsp3) is 0.500. The minimum atomic E-state index is -0.637. The summed E-state index contributed by atoms with van der Waals surface area (Å²) in [6.45, 7) is 4.36. The first-order valence-corrected chi connectivity index (χ1v) is 6.36. The molecule has 106 valence electrons. The number of rotatable bonds is 7. The Morgan fingerprint density at radius 1 is 1.32 bits per heavy atom. The molecular weight excluding hydrogens is 246 g/mol. The Kier molecular flexibility index (Phi) is 6.15. The maximum atomic E-state index is 11.7. The van der Waals surface area contributed by atoms with E-state index >= 15 is 0 Å². The molecule has 0 aromatic heterocycles. The third kappa shape index (κ3) is 4.13. The van der Waals surface area contributed by atoms with Crippen LogP contribution in [0.2, 0.25) is 0 Å². The lowest BCUT2D eigenvalue weighted by Crippen LogP contribution is -2.28. The van der Waals surface area contributed by atoms with Gasteiger partial charge in [0.1, 0.15) is 0 Å². The van der Waals surface area contributed by atoms with Crippen LogP contribution < -0.4 is 15.2 Å². The molecule has 5 heteroatoms. The van der Waals surface area contributed by atoms with E-state index in [1.165, 1.54) is 0 Å². The predicted molar refractivity (Wildman–Crippen MR) is 72.2 cm³/mol. The number of hydrogen-bond donors (Lipinski definition) is 1. The Labute approximate surface area is 113 Å².